The number of aliphatic carboxylic acids is 1. The molecule has 0 aliphatic carbocycles. The van der Waals surface area contributed by atoms with E-state index < -0.39 is 22.0 Å². The fourth-order valence-electron chi connectivity index (χ4n) is 2.30. The molecule has 0 bridgehead atoms. The Hall–Kier alpha value is -1.91. The molecule has 0 saturated carbocycles. The van der Waals surface area contributed by atoms with E-state index in [0.717, 1.165) is 4.31 Å². The van der Waals surface area contributed by atoms with Crippen LogP contribution in [0.1, 0.15) is 24.8 Å². The number of carboxylic acids is 1. The number of carboxylic acid groups (broad SMARTS) is 1. The fraction of sp³-hybridized carbons (Fsp3) is 0.385. The number of hydrogen-bond donors (Lipinski definition) is 1. The van der Waals surface area contributed by atoms with Crippen LogP contribution in [-0.2, 0) is 14.8 Å². The van der Waals surface area contributed by atoms with Gasteiger partial charge in [0, 0.05) is 6.54 Å². The lowest BCUT2D eigenvalue weighted by Crippen LogP contribution is -2.47. The number of rotatable bonds is 3. The average Bonchev–Trinajstić information content (AvgIpc) is 2.47. The molecule has 1 saturated heterocycles. The van der Waals surface area contributed by atoms with Crippen molar-refractivity contribution in [2.45, 2.75) is 30.2 Å². The molecule has 0 aromatic heterocycles. The second-order valence-electron chi connectivity index (χ2n) is 4.61. The number of piperidine rings is 1. The Morgan fingerprint density at radius 1 is 1.40 bits per heavy atom. The number of hydrogen-bond acceptors (Lipinski definition) is 4. The maximum atomic E-state index is 12.5. The summed E-state index contributed by atoms with van der Waals surface area (Å²) in [7, 11) is -3.89. The third-order valence-corrected chi connectivity index (χ3v) is 5.21. The first-order chi connectivity index (χ1) is 9.46. The van der Waals surface area contributed by atoms with Gasteiger partial charge in [0.25, 0.3) is 0 Å². The Balaban J connectivity index is 2.42. The van der Waals surface area contributed by atoms with Crippen LogP contribution in [0.5, 0.6) is 0 Å². The van der Waals surface area contributed by atoms with Crippen molar-refractivity contribution >= 4 is 16.0 Å². The molecule has 0 amide bonds. The van der Waals surface area contributed by atoms with Crippen molar-refractivity contribution in [1.29, 1.82) is 5.26 Å². The van der Waals surface area contributed by atoms with E-state index in [2.05, 4.69) is 0 Å². The average molecular weight is 294 g/mol. The molecule has 2 rings (SSSR count). The summed E-state index contributed by atoms with van der Waals surface area (Å²) in [6, 6.07) is 6.48. The summed E-state index contributed by atoms with van der Waals surface area (Å²) in [4.78, 5) is 11.2. The number of sulfonamides is 1. The smallest absolute Gasteiger partial charge is 0.322 e. The summed E-state index contributed by atoms with van der Waals surface area (Å²) in [6.07, 6.45) is 1.65. The lowest BCUT2D eigenvalue weighted by Gasteiger charge is -2.31. The topological polar surface area (TPSA) is 98.5 Å². The van der Waals surface area contributed by atoms with Crippen LogP contribution in [0.2, 0.25) is 0 Å². The highest BCUT2D eigenvalue weighted by Crippen LogP contribution is 2.25. The van der Waals surface area contributed by atoms with Crippen LogP contribution in [0.4, 0.5) is 0 Å². The Morgan fingerprint density at radius 3 is 2.80 bits per heavy atom. The van der Waals surface area contributed by atoms with Crippen LogP contribution in [0.25, 0.3) is 0 Å². The molecule has 1 atom stereocenters. The molecule has 1 fully saturated rings. The predicted octanol–water partition coefficient (Wildman–Crippen LogP) is 1.19. The van der Waals surface area contributed by atoms with E-state index in [1.807, 2.05) is 6.07 Å². The van der Waals surface area contributed by atoms with Crippen LogP contribution >= 0.6 is 0 Å². The summed E-state index contributed by atoms with van der Waals surface area (Å²) in [5.41, 5.74) is 0.231. The van der Waals surface area contributed by atoms with Gasteiger partial charge in [0.2, 0.25) is 10.0 Å². The maximum absolute atomic E-state index is 12.5. The van der Waals surface area contributed by atoms with E-state index in [0.29, 0.717) is 19.3 Å². The fourth-order valence-corrected chi connectivity index (χ4v) is 4.00. The number of nitrogens with zero attached hydrogens (tertiary/aromatic N) is 2. The quantitative estimate of drug-likeness (QED) is 0.902. The third-order valence-electron chi connectivity index (χ3n) is 3.31. The number of nitriles is 1. The molecule has 1 aromatic rings. The second-order valence-corrected chi connectivity index (χ2v) is 6.50. The van der Waals surface area contributed by atoms with Gasteiger partial charge in [-0.05, 0) is 37.5 Å². The maximum Gasteiger partial charge on any atom is 0.322 e. The predicted molar refractivity (Wildman–Crippen MR) is 70.3 cm³/mol. The molecular weight excluding hydrogens is 280 g/mol. The van der Waals surface area contributed by atoms with Gasteiger partial charge in [-0.15, -0.1) is 0 Å². The van der Waals surface area contributed by atoms with Crippen LogP contribution in [0.3, 0.4) is 0 Å². The molecule has 0 spiro atoms. The minimum absolute atomic E-state index is 0.0373. The Kier molecular flexibility index (Phi) is 4.06. The SMILES string of the molecule is N#Cc1cccc(S(=O)(=O)N2CCCC[C@@H]2C(=O)O)c1. The van der Waals surface area contributed by atoms with Gasteiger partial charge in [-0.2, -0.15) is 9.57 Å². The summed E-state index contributed by atoms with van der Waals surface area (Å²) in [6.45, 7) is 0.191. The summed E-state index contributed by atoms with van der Waals surface area (Å²) >= 11 is 0. The van der Waals surface area contributed by atoms with E-state index >= 15 is 0 Å². The van der Waals surface area contributed by atoms with E-state index in [9.17, 15) is 13.2 Å². The van der Waals surface area contributed by atoms with Crippen LogP contribution in [0.15, 0.2) is 29.2 Å². The largest absolute Gasteiger partial charge is 0.480 e. The van der Waals surface area contributed by atoms with Crippen molar-refractivity contribution in [2.24, 2.45) is 0 Å². The standard InChI is InChI=1S/C13H14N2O4S/c14-9-10-4-3-5-11(8-10)20(18,19)15-7-2-1-6-12(15)13(16)17/h3-5,8,12H,1-2,6-7H2,(H,16,17)/t12-/m1/s1. The molecule has 1 aliphatic rings. The highest BCUT2D eigenvalue weighted by Gasteiger charge is 2.37. The van der Waals surface area contributed by atoms with Gasteiger partial charge in [-0.3, -0.25) is 4.79 Å². The number of benzene rings is 1. The van der Waals surface area contributed by atoms with Crippen molar-refractivity contribution in [3.8, 4) is 6.07 Å². The van der Waals surface area contributed by atoms with Gasteiger partial charge in [0.05, 0.1) is 16.5 Å². The van der Waals surface area contributed by atoms with E-state index in [-0.39, 0.29) is 17.0 Å². The number of carbonyl (C=O) groups is 1. The lowest BCUT2D eigenvalue weighted by molar-refractivity contribution is -0.142. The minimum atomic E-state index is -3.89. The van der Waals surface area contributed by atoms with Crippen molar-refractivity contribution < 1.29 is 18.3 Å². The van der Waals surface area contributed by atoms with Crippen LogP contribution in [0, 0.1) is 11.3 Å². The van der Waals surface area contributed by atoms with Gasteiger partial charge in [0.1, 0.15) is 6.04 Å². The molecular formula is C13H14N2O4S. The van der Waals surface area contributed by atoms with Crippen molar-refractivity contribution in [3.63, 3.8) is 0 Å². The second kappa shape index (κ2) is 5.61. The Morgan fingerprint density at radius 2 is 2.15 bits per heavy atom. The van der Waals surface area contributed by atoms with Gasteiger partial charge in [-0.25, -0.2) is 8.42 Å². The molecule has 6 nitrogen and oxygen atoms in total. The third kappa shape index (κ3) is 2.66. The Labute approximate surface area is 117 Å². The first-order valence-corrected chi connectivity index (χ1v) is 7.65. The van der Waals surface area contributed by atoms with Crippen molar-refractivity contribution in [1.82, 2.24) is 4.31 Å². The van der Waals surface area contributed by atoms with E-state index in [1.165, 1.54) is 24.3 Å². The minimum Gasteiger partial charge on any atom is -0.480 e. The monoisotopic (exact) mass is 294 g/mol. The zero-order valence-corrected chi connectivity index (χ0v) is 11.5. The van der Waals surface area contributed by atoms with Crippen molar-refractivity contribution in [2.75, 3.05) is 6.54 Å². The summed E-state index contributed by atoms with van der Waals surface area (Å²) < 4.78 is 26.1. The highest BCUT2D eigenvalue weighted by molar-refractivity contribution is 7.89. The zero-order valence-electron chi connectivity index (χ0n) is 10.7. The zero-order chi connectivity index (χ0) is 14.8. The first kappa shape index (κ1) is 14.5. The van der Waals surface area contributed by atoms with E-state index in [4.69, 9.17) is 10.4 Å². The van der Waals surface area contributed by atoms with Crippen LogP contribution in [-0.4, -0.2) is 36.4 Å². The molecule has 1 N–H and O–H groups in total. The summed E-state index contributed by atoms with van der Waals surface area (Å²) in [5, 5.41) is 18.0. The molecule has 20 heavy (non-hydrogen) atoms. The molecule has 1 aliphatic heterocycles. The Bertz CT molecular complexity index is 663. The van der Waals surface area contributed by atoms with Gasteiger partial charge < -0.3 is 5.11 Å². The molecule has 1 aromatic carbocycles. The molecule has 1 heterocycles. The lowest BCUT2D eigenvalue weighted by atomic mass is 10.1. The normalized spacial score (nSPS) is 20.2. The molecule has 7 heteroatoms. The van der Waals surface area contributed by atoms with Gasteiger partial charge in [-0.1, -0.05) is 6.07 Å². The van der Waals surface area contributed by atoms with Gasteiger partial charge in [0.15, 0.2) is 0 Å². The molecule has 106 valence electrons. The van der Waals surface area contributed by atoms with E-state index in [1.54, 1.807) is 0 Å². The van der Waals surface area contributed by atoms with Crippen LogP contribution < -0.4 is 0 Å². The first-order valence-electron chi connectivity index (χ1n) is 6.21. The molecule has 0 radical (unpaired) electrons. The summed E-state index contributed by atoms with van der Waals surface area (Å²) in [5.74, 6) is -1.13. The highest BCUT2D eigenvalue weighted by atomic mass is 32.2. The molecule has 0 unspecified atom stereocenters. The van der Waals surface area contributed by atoms with Gasteiger partial charge >= 0.3 is 5.97 Å². The van der Waals surface area contributed by atoms with Crippen molar-refractivity contribution in [3.05, 3.63) is 29.8 Å².